The van der Waals surface area contributed by atoms with Crippen LogP contribution in [0.3, 0.4) is 0 Å². The molecule has 2 nitrogen and oxygen atoms in total. The summed E-state index contributed by atoms with van der Waals surface area (Å²) < 4.78 is 11.4. The van der Waals surface area contributed by atoms with Crippen LogP contribution < -0.4 is 0 Å². The first-order valence-electron chi connectivity index (χ1n) is 13.2. The summed E-state index contributed by atoms with van der Waals surface area (Å²) in [7, 11) is 9.87. The van der Waals surface area contributed by atoms with Crippen molar-refractivity contribution in [1.29, 1.82) is 0 Å². The van der Waals surface area contributed by atoms with Gasteiger partial charge in [-0.15, -0.1) is 0 Å². The van der Waals surface area contributed by atoms with Gasteiger partial charge in [0.15, 0.2) is 0 Å². The van der Waals surface area contributed by atoms with Crippen LogP contribution in [0, 0.1) is 63.2 Å². The molecule has 198 valence electrons. The van der Waals surface area contributed by atoms with Gasteiger partial charge in [0.1, 0.15) is 0 Å². The zero-order chi connectivity index (χ0) is 26.4. The van der Waals surface area contributed by atoms with E-state index < -0.39 is 20.8 Å². The number of hydrogen-bond acceptors (Lipinski definition) is 2. The van der Waals surface area contributed by atoms with Crippen molar-refractivity contribution in [1.82, 2.24) is 0 Å². The second kappa shape index (κ2) is 23.3. The molecule has 2 aliphatic carbocycles. The van der Waals surface area contributed by atoms with Gasteiger partial charge < -0.3 is 9.47 Å². The van der Waals surface area contributed by atoms with Gasteiger partial charge in [0.25, 0.3) is 0 Å². The molecule has 0 amide bonds. The summed E-state index contributed by atoms with van der Waals surface area (Å²) in [6.45, 7) is 14.5. The van der Waals surface area contributed by atoms with E-state index in [2.05, 4.69) is 92.9 Å². The van der Waals surface area contributed by atoms with Crippen molar-refractivity contribution in [3.05, 3.63) is 63.2 Å². The molecule has 2 fully saturated rings. The van der Waals surface area contributed by atoms with Crippen LogP contribution in [0.15, 0.2) is 0 Å². The number of rotatable bonds is 14. The molecule has 0 N–H and O–H groups in total. The van der Waals surface area contributed by atoms with E-state index in [-0.39, 0.29) is 11.2 Å². The van der Waals surface area contributed by atoms with E-state index in [0.29, 0.717) is 0 Å². The third kappa shape index (κ3) is 28.2. The fourth-order valence-electron chi connectivity index (χ4n) is 3.49. The molecule has 2 saturated carbocycles. The van der Waals surface area contributed by atoms with Crippen molar-refractivity contribution < 1.29 is 30.3 Å². The third-order valence-electron chi connectivity index (χ3n) is 5.25. The van der Waals surface area contributed by atoms with Crippen LogP contribution in [-0.4, -0.2) is 24.4 Å². The molecular weight excluding hydrogens is 554 g/mol. The Morgan fingerprint density at radius 3 is 1.11 bits per heavy atom. The zero-order valence-corrected chi connectivity index (χ0v) is 27.1. The van der Waals surface area contributed by atoms with Crippen molar-refractivity contribution in [2.75, 3.05) is 13.2 Å². The number of ether oxygens (including phenoxy) is 2. The molecule has 0 saturated heterocycles. The van der Waals surface area contributed by atoms with Crippen molar-refractivity contribution >= 4 is 17.0 Å². The topological polar surface area (TPSA) is 18.5 Å². The Kier molecular flexibility index (Phi) is 24.2. The summed E-state index contributed by atoms with van der Waals surface area (Å²) in [5, 5.41) is 0. The maximum absolute atomic E-state index is 5.68. The Hall–Kier alpha value is 1.38. The fraction of sp³-hybridized carbons (Fsp3) is 0.667. The molecule has 5 heteroatoms. The van der Waals surface area contributed by atoms with Gasteiger partial charge in [0.05, 0.1) is 11.2 Å². The van der Waals surface area contributed by atoms with E-state index >= 15 is 0 Å². The summed E-state index contributed by atoms with van der Waals surface area (Å²) in [5.74, 6) is 2.96. The van der Waals surface area contributed by atoms with Crippen LogP contribution in [0.2, 0.25) is 0 Å². The van der Waals surface area contributed by atoms with Gasteiger partial charge in [-0.2, -0.15) is 0 Å². The van der Waals surface area contributed by atoms with Crippen molar-refractivity contribution in [3.8, 4) is 0 Å². The molecule has 0 aromatic carbocycles. The summed E-state index contributed by atoms with van der Waals surface area (Å²) in [6.07, 6.45) is 30.0. The molecule has 0 heterocycles. The van der Waals surface area contributed by atoms with Crippen LogP contribution in [0.25, 0.3) is 0 Å². The molecule has 0 spiro atoms. The summed E-state index contributed by atoms with van der Waals surface area (Å²) >= 11 is -0.826. The molecule has 0 aliphatic heterocycles. The summed E-state index contributed by atoms with van der Waals surface area (Å²) in [6, 6.07) is 0. The second-order valence-corrected chi connectivity index (χ2v) is 14.6. The van der Waals surface area contributed by atoms with E-state index in [9.17, 15) is 0 Å². The van der Waals surface area contributed by atoms with Crippen LogP contribution in [0.1, 0.15) is 106 Å². The monoisotopic (exact) mass is 602 g/mol. The summed E-state index contributed by atoms with van der Waals surface area (Å²) in [4.78, 5) is 0. The Morgan fingerprint density at radius 1 is 0.543 bits per heavy atom. The van der Waals surface area contributed by atoms with Gasteiger partial charge in [-0.05, 0) is 130 Å². The van der Waals surface area contributed by atoms with E-state index in [1.165, 1.54) is 76.0 Å². The van der Waals surface area contributed by atoms with Gasteiger partial charge in [-0.3, -0.25) is 0 Å². The SMILES string of the molecule is CC(C)(C)OCCCCCC[C]1[CH][CH][CH][CH]1.CC(C)(C)OCCCCCC[C]1[CH][CH][CH][CH]1.[Cl][Zr+2][Cl]. The third-order valence-corrected chi connectivity index (χ3v) is 5.25. The average Bonchev–Trinajstić information content (AvgIpc) is 3.46. The molecule has 0 aromatic rings. The average molecular weight is 605 g/mol. The molecule has 35 heavy (non-hydrogen) atoms. The molecule has 0 bridgehead atoms. The van der Waals surface area contributed by atoms with Crippen LogP contribution in [0.4, 0.5) is 0 Å². The molecule has 2 rings (SSSR count). The number of unbranched alkanes of at least 4 members (excludes halogenated alkanes) is 6. The van der Waals surface area contributed by atoms with Crippen molar-refractivity contribution in [2.45, 2.75) is 117 Å². The van der Waals surface area contributed by atoms with Crippen molar-refractivity contribution in [2.24, 2.45) is 0 Å². The minimum atomic E-state index is -0.826. The molecule has 0 aromatic heterocycles. The van der Waals surface area contributed by atoms with E-state index in [0.717, 1.165) is 13.2 Å². The van der Waals surface area contributed by atoms with E-state index in [4.69, 9.17) is 26.5 Å². The van der Waals surface area contributed by atoms with Crippen LogP contribution in [0.5, 0.6) is 0 Å². The van der Waals surface area contributed by atoms with Crippen LogP contribution in [-0.2, 0) is 30.3 Å². The van der Waals surface area contributed by atoms with Gasteiger partial charge in [0, 0.05) is 13.2 Å². The summed E-state index contributed by atoms with van der Waals surface area (Å²) in [5.41, 5.74) is 0.0462. The zero-order valence-electron chi connectivity index (χ0n) is 23.2. The van der Waals surface area contributed by atoms with Gasteiger partial charge in [-0.1, -0.05) is 38.5 Å². The predicted molar refractivity (Wildman–Crippen MR) is 150 cm³/mol. The van der Waals surface area contributed by atoms with Gasteiger partial charge in [-0.25, -0.2) is 0 Å². The standard InChI is InChI=1S/2C15H25O.2ClH.Zr/c2*1-15(2,3)16-13-9-5-4-6-10-14-11-7-8-12-14;;;/h2*7-8,11-12H,4-6,9-10,13H2,1-3H3;2*1H;/q;;;;+4/p-2. The Labute approximate surface area is 239 Å². The quantitative estimate of drug-likeness (QED) is 0.184. The van der Waals surface area contributed by atoms with Crippen LogP contribution >= 0.6 is 17.0 Å². The van der Waals surface area contributed by atoms with Gasteiger partial charge >= 0.3 is 37.9 Å². The molecule has 10 radical (unpaired) electrons. The fourth-order valence-corrected chi connectivity index (χ4v) is 3.49. The Bertz CT molecular complexity index is 397. The predicted octanol–water partition coefficient (Wildman–Crippen LogP) is 9.69. The Balaban J connectivity index is 0.000000594. The molecule has 0 atom stereocenters. The maximum atomic E-state index is 5.68. The van der Waals surface area contributed by atoms with E-state index in [1.807, 2.05) is 0 Å². The first-order chi connectivity index (χ1) is 16.6. The van der Waals surface area contributed by atoms with Gasteiger partial charge in [0.2, 0.25) is 0 Å². The molecule has 2 aliphatic rings. The normalized spacial score (nSPS) is 16.9. The Morgan fingerprint density at radius 2 is 0.829 bits per heavy atom. The number of hydrogen-bond donors (Lipinski definition) is 0. The molecule has 0 unspecified atom stereocenters. The number of halogens is 2. The first-order valence-corrected chi connectivity index (χ1v) is 19.6. The second-order valence-electron chi connectivity index (χ2n) is 10.9. The van der Waals surface area contributed by atoms with Crippen molar-refractivity contribution in [3.63, 3.8) is 0 Å². The van der Waals surface area contributed by atoms with E-state index in [1.54, 1.807) is 0 Å². The minimum absolute atomic E-state index is 0.0231. The molecular formula is C30H50Cl2O2Zr+2. The first kappa shape index (κ1) is 36.4.